The highest BCUT2D eigenvalue weighted by Crippen LogP contribution is 2.49. The van der Waals surface area contributed by atoms with Crippen molar-refractivity contribution in [3.63, 3.8) is 0 Å². The van der Waals surface area contributed by atoms with Crippen LogP contribution in [-0.4, -0.2) is 48.7 Å². The van der Waals surface area contributed by atoms with Gasteiger partial charge in [-0.25, -0.2) is 0 Å². The molecule has 8 unspecified atom stereocenters. The van der Waals surface area contributed by atoms with Crippen LogP contribution < -0.4 is 11.1 Å². The van der Waals surface area contributed by atoms with E-state index in [4.69, 9.17) is 10.5 Å². The quantitative estimate of drug-likeness (QED) is 0.159. The lowest BCUT2D eigenvalue weighted by Gasteiger charge is -2.46. The molecule has 0 amide bonds. The molecule has 5 rings (SSSR count). The molecule has 0 spiro atoms. The van der Waals surface area contributed by atoms with Gasteiger partial charge in [0.15, 0.2) is 0 Å². The van der Waals surface area contributed by atoms with E-state index in [1.807, 2.05) is 0 Å². The topological polar surface area (TPSA) is 102 Å². The number of piperidine rings is 1. The van der Waals surface area contributed by atoms with Crippen LogP contribution in [0.5, 0.6) is 0 Å². The first-order valence-corrected chi connectivity index (χ1v) is 20.9. The van der Waals surface area contributed by atoms with Crippen molar-refractivity contribution in [3.05, 3.63) is 0 Å². The minimum absolute atomic E-state index is 0.00522. The number of aliphatic hydroxyl groups excluding tert-OH is 1. The average molecular weight is 681 g/mol. The second-order valence-corrected chi connectivity index (χ2v) is 17.9. The minimum Gasteiger partial charge on any atom is -0.390 e. The number of nitrogens with one attached hydrogen (secondary N) is 1. The number of rotatable bonds is 10. The first kappa shape index (κ1) is 39.0. The Balaban J connectivity index is 1.53. The molecule has 4 N–H and O–H groups in total. The fourth-order valence-corrected chi connectivity index (χ4v) is 11.3. The van der Waals surface area contributed by atoms with Crippen LogP contribution in [0.3, 0.4) is 0 Å². The van der Waals surface area contributed by atoms with Crippen LogP contribution in [-0.2, 0) is 14.3 Å². The van der Waals surface area contributed by atoms with Gasteiger partial charge in [0, 0.05) is 31.3 Å². The fourth-order valence-electron chi connectivity index (χ4n) is 11.3. The lowest BCUT2D eigenvalue weighted by Crippen LogP contribution is -2.45. The molecule has 1 heterocycles. The normalized spacial score (nSPS) is 41.0. The Hall–Kier alpha value is -1.26. The Morgan fingerprint density at radius 1 is 0.918 bits per heavy atom. The molecule has 49 heavy (non-hydrogen) atoms. The predicted octanol–water partition coefficient (Wildman–Crippen LogP) is 8.09. The third-order valence-electron chi connectivity index (χ3n) is 13.9. The van der Waals surface area contributed by atoms with Gasteiger partial charge in [0.25, 0.3) is 0 Å². The first-order chi connectivity index (χ1) is 23.6. The number of carbonyl (C=O) groups is 2. The summed E-state index contributed by atoms with van der Waals surface area (Å²) in [6, 6.07) is 0. The van der Waals surface area contributed by atoms with E-state index >= 15 is 0 Å². The zero-order valence-electron chi connectivity index (χ0n) is 31.7. The van der Waals surface area contributed by atoms with Crippen LogP contribution in [0.4, 0.5) is 0 Å². The molecule has 3 saturated carbocycles. The maximum Gasteiger partial charge on any atom is 0.144 e. The van der Waals surface area contributed by atoms with Gasteiger partial charge in [-0.3, -0.25) is 9.59 Å². The Labute approximate surface area is 299 Å². The Morgan fingerprint density at radius 2 is 1.73 bits per heavy atom. The van der Waals surface area contributed by atoms with Crippen LogP contribution in [0, 0.1) is 76.9 Å². The van der Waals surface area contributed by atoms with Crippen LogP contribution >= 0.6 is 0 Å². The van der Waals surface area contributed by atoms with E-state index in [-0.39, 0.29) is 59.8 Å². The molecule has 13 atom stereocenters. The zero-order valence-corrected chi connectivity index (χ0v) is 31.7. The van der Waals surface area contributed by atoms with Gasteiger partial charge in [0.05, 0.1) is 24.8 Å². The summed E-state index contributed by atoms with van der Waals surface area (Å²) in [6.45, 7) is 7.94. The van der Waals surface area contributed by atoms with E-state index in [1.54, 1.807) is 7.11 Å². The van der Waals surface area contributed by atoms with Gasteiger partial charge in [0.2, 0.25) is 0 Å². The van der Waals surface area contributed by atoms with Crippen LogP contribution in [0.15, 0.2) is 0 Å². The first-order valence-electron chi connectivity index (χ1n) is 20.9. The summed E-state index contributed by atoms with van der Waals surface area (Å²) in [5, 5.41) is 14.8. The second kappa shape index (κ2) is 19.0. The van der Waals surface area contributed by atoms with Gasteiger partial charge in [-0.05, 0) is 125 Å². The second-order valence-electron chi connectivity index (χ2n) is 17.9. The van der Waals surface area contributed by atoms with Crippen molar-refractivity contribution in [2.24, 2.45) is 70.8 Å². The third-order valence-corrected chi connectivity index (χ3v) is 13.9. The number of aliphatic hydroxyl groups is 1. The minimum atomic E-state index is -0.496. The molecule has 4 aliphatic carbocycles. The summed E-state index contributed by atoms with van der Waals surface area (Å²) in [4.78, 5) is 27.8. The van der Waals surface area contributed by atoms with E-state index in [2.05, 4.69) is 37.9 Å². The Morgan fingerprint density at radius 3 is 2.49 bits per heavy atom. The molecule has 6 heteroatoms. The predicted molar refractivity (Wildman–Crippen MR) is 198 cm³/mol. The summed E-state index contributed by atoms with van der Waals surface area (Å²) in [7, 11) is 1.71. The summed E-state index contributed by atoms with van der Waals surface area (Å²) in [5.41, 5.74) is 6.37. The molecule has 278 valence electrons. The molecule has 0 aromatic rings. The summed E-state index contributed by atoms with van der Waals surface area (Å²) in [5.74, 6) is 12.4. The molecule has 4 fully saturated rings. The molecule has 6 nitrogen and oxygen atoms in total. The standard InChI is InChI=1S/C43H72N2O4/c1-5-6-9-29-20-31(21-30-18-19-45-43(44)24-30)22-33-15-17-37(36-11-8-7-10-32(36)13-12-28(2)3)38-27-41(48)42(49-4)25-34(38)14-16-35(46)26-40(47)39(33)23-29/h28-34,36-39,41-43,45,48H,5-14,16,18-27,44H2,1-4H3/t29-,30?,31-,32?,33+,34?,36?,37-,38?,39-,41?,42?,43?/m1/s1. The molecule has 0 aromatic carbocycles. The van der Waals surface area contributed by atoms with Crippen molar-refractivity contribution >= 4 is 11.6 Å². The van der Waals surface area contributed by atoms with E-state index < -0.39 is 6.10 Å². The van der Waals surface area contributed by atoms with E-state index in [0.717, 1.165) is 38.6 Å². The maximum atomic E-state index is 14.2. The fraction of sp³-hybridized carbons (Fsp3) is 0.907. The Bertz CT molecular complexity index is 1110. The number of Topliss-reactive ketones (excluding diaryl/α,β-unsaturated/α-hetero) is 2. The Kier molecular flexibility index (Phi) is 15.1. The number of hydrogen-bond acceptors (Lipinski definition) is 6. The van der Waals surface area contributed by atoms with Gasteiger partial charge >= 0.3 is 0 Å². The van der Waals surface area contributed by atoms with E-state index in [0.29, 0.717) is 48.3 Å². The number of methoxy groups -OCH3 is 1. The molecule has 1 aliphatic heterocycles. The van der Waals surface area contributed by atoms with Crippen molar-refractivity contribution in [1.29, 1.82) is 0 Å². The van der Waals surface area contributed by atoms with Crippen LogP contribution in [0.25, 0.3) is 0 Å². The van der Waals surface area contributed by atoms with Crippen LogP contribution in [0.1, 0.15) is 149 Å². The third kappa shape index (κ3) is 10.9. The van der Waals surface area contributed by atoms with Gasteiger partial charge in [-0.1, -0.05) is 77.6 Å². The van der Waals surface area contributed by atoms with Crippen LogP contribution in [0.2, 0.25) is 0 Å². The highest BCUT2D eigenvalue weighted by Gasteiger charge is 2.45. The molecule has 5 aliphatic rings. The number of carbonyl (C=O) groups excluding carboxylic acids is 2. The molecular formula is C43H72N2O4. The molecule has 0 radical (unpaired) electrons. The van der Waals surface area contributed by atoms with E-state index in [1.165, 1.54) is 77.0 Å². The highest BCUT2D eigenvalue weighted by atomic mass is 16.5. The van der Waals surface area contributed by atoms with Crippen molar-refractivity contribution < 1.29 is 19.4 Å². The largest absolute Gasteiger partial charge is 0.390 e. The molecule has 1 saturated heterocycles. The number of hydrogen-bond donors (Lipinski definition) is 3. The lowest BCUT2D eigenvalue weighted by molar-refractivity contribution is -0.130. The lowest BCUT2D eigenvalue weighted by atomic mass is 9.60. The van der Waals surface area contributed by atoms with Gasteiger partial charge in [0.1, 0.15) is 11.6 Å². The SMILES string of the molecule is CCCC[C@@H]1C[C@H](CC2CCNC(N)C2)C[C@@H]2C#C[C@H](C3CCCCC3CCC(C)C)C3CC(O)C(OC)CC3CCC(=O)CC(=O)[C@@H]2C1. The highest BCUT2D eigenvalue weighted by molar-refractivity contribution is 6.00. The van der Waals surface area contributed by atoms with Crippen molar-refractivity contribution in [2.45, 2.75) is 168 Å². The number of nitrogens with two attached hydrogens (primary N) is 1. The monoisotopic (exact) mass is 681 g/mol. The zero-order chi connectivity index (χ0) is 34.9. The van der Waals surface area contributed by atoms with Gasteiger partial charge in [-0.2, -0.15) is 0 Å². The van der Waals surface area contributed by atoms with Gasteiger partial charge in [-0.15, -0.1) is 0 Å². The molecule has 0 aromatic heterocycles. The van der Waals surface area contributed by atoms with E-state index in [9.17, 15) is 14.7 Å². The molecular weight excluding hydrogens is 608 g/mol. The number of fused-ring (bicyclic) bond motifs is 2. The van der Waals surface area contributed by atoms with Gasteiger partial charge < -0.3 is 20.9 Å². The number of ketones is 2. The number of ether oxygens (including phenoxy) is 1. The smallest absolute Gasteiger partial charge is 0.144 e. The molecule has 0 bridgehead atoms. The summed E-state index contributed by atoms with van der Waals surface area (Å²) < 4.78 is 5.80. The average Bonchev–Trinajstić information content (AvgIpc) is 3.24. The summed E-state index contributed by atoms with van der Waals surface area (Å²) in [6.07, 6.45) is 19.6. The van der Waals surface area contributed by atoms with Crippen molar-refractivity contribution in [3.8, 4) is 11.8 Å². The number of unbranched alkanes of at least 4 members (excludes halogenated alkanes) is 1. The van der Waals surface area contributed by atoms with Crippen molar-refractivity contribution in [2.75, 3.05) is 13.7 Å². The van der Waals surface area contributed by atoms with Crippen molar-refractivity contribution in [1.82, 2.24) is 5.32 Å². The maximum absolute atomic E-state index is 14.2. The summed E-state index contributed by atoms with van der Waals surface area (Å²) >= 11 is 0.